The average molecular weight is 312 g/mol. The van der Waals surface area contributed by atoms with Gasteiger partial charge in [0.05, 0.1) is 10.6 Å². The molecule has 0 saturated carbocycles. The number of rotatable bonds is 4. The minimum atomic E-state index is -0.365. The van der Waals surface area contributed by atoms with Crippen LogP contribution in [0.5, 0.6) is 0 Å². The quantitative estimate of drug-likeness (QED) is 0.641. The lowest BCUT2D eigenvalue weighted by Gasteiger charge is -2.38. The van der Waals surface area contributed by atoms with E-state index in [0.29, 0.717) is 6.04 Å². The summed E-state index contributed by atoms with van der Waals surface area (Å²) in [5.74, 6) is 0. The number of anilines is 1. The molecule has 1 unspecified atom stereocenters. The molecule has 1 aliphatic heterocycles. The number of nitrogens with zero attached hydrogens (tertiary/aromatic N) is 4. The molecule has 3 rings (SSSR count). The van der Waals surface area contributed by atoms with Gasteiger partial charge in [-0.15, -0.1) is 0 Å². The molecule has 1 aliphatic rings. The molecule has 0 bridgehead atoms. The van der Waals surface area contributed by atoms with Crippen LogP contribution >= 0.6 is 0 Å². The van der Waals surface area contributed by atoms with Gasteiger partial charge in [0.15, 0.2) is 0 Å². The molecule has 0 N–H and O–H groups in total. The minimum absolute atomic E-state index is 0.135. The lowest BCUT2D eigenvalue weighted by Crippen LogP contribution is -2.47. The first-order valence-electron chi connectivity index (χ1n) is 7.79. The van der Waals surface area contributed by atoms with E-state index in [0.717, 1.165) is 37.6 Å². The highest BCUT2D eigenvalue weighted by atomic mass is 16.6. The topological polar surface area (TPSA) is 62.5 Å². The van der Waals surface area contributed by atoms with E-state index in [1.807, 2.05) is 30.5 Å². The van der Waals surface area contributed by atoms with Gasteiger partial charge in [-0.2, -0.15) is 0 Å². The number of hydrogen-bond acceptors (Lipinski definition) is 5. The minimum Gasteiger partial charge on any atom is -0.369 e. The van der Waals surface area contributed by atoms with Gasteiger partial charge in [0.25, 0.3) is 5.69 Å². The van der Waals surface area contributed by atoms with Gasteiger partial charge in [0, 0.05) is 56.2 Å². The molecule has 2 aromatic rings. The number of non-ortho nitro benzene ring substituents is 1. The van der Waals surface area contributed by atoms with Crippen molar-refractivity contribution in [3.8, 4) is 0 Å². The van der Waals surface area contributed by atoms with E-state index in [4.69, 9.17) is 0 Å². The maximum Gasteiger partial charge on any atom is 0.269 e. The zero-order valence-electron chi connectivity index (χ0n) is 13.1. The van der Waals surface area contributed by atoms with Crippen molar-refractivity contribution in [1.29, 1.82) is 0 Å². The Kier molecular flexibility index (Phi) is 4.52. The van der Waals surface area contributed by atoms with Crippen LogP contribution in [-0.2, 0) is 0 Å². The predicted octanol–water partition coefficient (Wildman–Crippen LogP) is 2.87. The maximum absolute atomic E-state index is 10.7. The molecule has 6 nitrogen and oxygen atoms in total. The van der Waals surface area contributed by atoms with Gasteiger partial charge in [0.1, 0.15) is 0 Å². The van der Waals surface area contributed by atoms with Crippen molar-refractivity contribution in [2.24, 2.45) is 0 Å². The Balaban J connectivity index is 1.61. The molecule has 0 aliphatic carbocycles. The summed E-state index contributed by atoms with van der Waals surface area (Å²) in [5.41, 5.74) is 2.27. The van der Waals surface area contributed by atoms with Crippen molar-refractivity contribution >= 4 is 11.4 Å². The summed E-state index contributed by atoms with van der Waals surface area (Å²) >= 11 is 0. The Hall–Kier alpha value is -2.47. The molecular formula is C17H20N4O2. The molecule has 1 atom stereocenters. The first-order valence-corrected chi connectivity index (χ1v) is 7.79. The average Bonchev–Trinajstić information content (AvgIpc) is 2.62. The van der Waals surface area contributed by atoms with Crippen molar-refractivity contribution in [1.82, 2.24) is 9.88 Å². The van der Waals surface area contributed by atoms with Crippen LogP contribution in [0.4, 0.5) is 11.4 Å². The van der Waals surface area contributed by atoms with Gasteiger partial charge < -0.3 is 4.90 Å². The molecule has 0 amide bonds. The summed E-state index contributed by atoms with van der Waals surface area (Å²) in [7, 11) is 0. The molecular weight excluding hydrogens is 292 g/mol. The van der Waals surface area contributed by atoms with E-state index in [1.165, 1.54) is 0 Å². The van der Waals surface area contributed by atoms with Gasteiger partial charge in [-0.1, -0.05) is 6.07 Å². The van der Waals surface area contributed by atoms with E-state index < -0.39 is 0 Å². The Morgan fingerprint density at radius 3 is 2.35 bits per heavy atom. The van der Waals surface area contributed by atoms with Crippen LogP contribution in [0.15, 0.2) is 48.7 Å². The predicted molar refractivity (Wildman–Crippen MR) is 89.5 cm³/mol. The third kappa shape index (κ3) is 3.48. The highest BCUT2D eigenvalue weighted by Gasteiger charge is 2.23. The summed E-state index contributed by atoms with van der Waals surface area (Å²) in [6.07, 6.45) is 1.83. The second kappa shape index (κ2) is 6.75. The lowest BCUT2D eigenvalue weighted by molar-refractivity contribution is -0.384. The Morgan fingerprint density at radius 2 is 1.78 bits per heavy atom. The molecule has 0 spiro atoms. The fourth-order valence-corrected chi connectivity index (χ4v) is 2.96. The maximum atomic E-state index is 10.7. The molecule has 6 heteroatoms. The summed E-state index contributed by atoms with van der Waals surface area (Å²) in [6, 6.07) is 13.1. The highest BCUT2D eigenvalue weighted by Crippen LogP contribution is 2.24. The number of nitro groups is 1. The SMILES string of the molecule is CC(c1ccccn1)N1CCN(c2ccc([N+](=O)[O-])cc2)CC1. The second-order valence-electron chi connectivity index (χ2n) is 5.73. The monoisotopic (exact) mass is 312 g/mol. The summed E-state index contributed by atoms with van der Waals surface area (Å²) < 4.78 is 0. The van der Waals surface area contributed by atoms with Gasteiger partial charge in [0.2, 0.25) is 0 Å². The van der Waals surface area contributed by atoms with Crippen molar-refractivity contribution in [3.63, 3.8) is 0 Å². The van der Waals surface area contributed by atoms with Crippen LogP contribution in [0.1, 0.15) is 18.7 Å². The van der Waals surface area contributed by atoms with Crippen molar-refractivity contribution in [3.05, 3.63) is 64.5 Å². The van der Waals surface area contributed by atoms with Crippen LogP contribution < -0.4 is 4.90 Å². The standard InChI is InChI=1S/C17H20N4O2/c1-14(17-4-2-3-9-18-17)19-10-12-20(13-11-19)15-5-7-16(8-6-15)21(22)23/h2-9,14H,10-13H2,1H3. The molecule has 23 heavy (non-hydrogen) atoms. The largest absolute Gasteiger partial charge is 0.369 e. The molecule has 2 heterocycles. The molecule has 1 aromatic carbocycles. The van der Waals surface area contributed by atoms with Crippen LogP contribution in [0, 0.1) is 10.1 Å². The molecule has 1 saturated heterocycles. The first kappa shape index (κ1) is 15.4. The molecule has 1 fully saturated rings. The Labute approximate surface area is 135 Å². The molecule has 120 valence electrons. The zero-order chi connectivity index (χ0) is 16.2. The number of aromatic nitrogens is 1. The van der Waals surface area contributed by atoms with Gasteiger partial charge >= 0.3 is 0 Å². The first-order chi connectivity index (χ1) is 11.1. The highest BCUT2D eigenvalue weighted by molar-refractivity contribution is 5.51. The fourth-order valence-electron chi connectivity index (χ4n) is 2.96. The number of benzene rings is 1. The summed E-state index contributed by atoms with van der Waals surface area (Å²) in [4.78, 5) is 19.5. The van der Waals surface area contributed by atoms with Crippen LogP contribution in [-0.4, -0.2) is 41.0 Å². The van der Waals surface area contributed by atoms with Gasteiger partial charge in [-0.3, -0.25) is 20.0 Å². The number of piperazine rings is 1. The van der Waals surface area contributed by atoms with E-state index in [9.17, 15) is 10.1 Å². The Bertz CT molecular complexity index is 652. The second-order valence-corrected chi connectivity index (χ2v) is 5.73. The normalized spacial score (nSPS) is 17.0. The van der Waals surface area contributed by atoms with E-state index in [-0.39, 0.29) is 10.6 Å². The van der Waals surface area contributed by atoms with Crippen molar-refractivity contribution in [2.45, 2.75) is 13.0 Å². The number of pyridine rings is 1. The zero-order valence-corrected chi connectivity index (χ0v) is 13.1. The number of hydrogen-bond donors (Lipinski definition) is 0. The van der Waals surface area contributed by atoms with Crippen LogP contribution in [0.3, 0.4) is 0 Å². The van der Waals surface area contributed by atoms with E-state index >= 15 is 0 Å². The lowest BCUT2D eigenvalue weighted by atomic mass is 10.1. The smallest absolute Gasteiger partial charge is 0.269 e. The third-order valence-corrected chi connectivity index (χ3v) is 4.40. The van der Waals surface area contributed by atoms with Crippen LogP contribution in [0.2, 0.25) is 0 Å². The van der Waals surface area contributed by atoms with Gasteiger partial charge in [-0.25, -0.2) is 0 Å². The number of nitro benzene ring substituents is 1. The fraction of sp³-hybridized carbons (Fsp3) is 0.353. The van der Waals surface area contributed by atoms with E-state index in [1.54, 1.807) is 12.1 Å². The third-order valence-electron chi connectivity index (χ3n) is 4.40. The van der Waals surface area contributed by atoms with Gasteiger partial charge in [-0.05, 0) is 31.2 Å². The molecule has 0 radical (unpaired) electrons. The van der Waals surface area contributed by atoms with E-state index in [2.05, 4.69) is 27.8 Å². The Morgan fingerprint density at radius 1 is 1.09 bits per heavy atom. The van der Waals surface area contributed by atoms with Crippen molar-refractivity contribution in [2.75, 3.05) is 31.1 Å². The molecule has 1 aromatic heterocycles. The summed E-state index contributed by atoms with van der Waals surface area (Å²) in [5, 5.41) is 10.7. The van der Waals surface area contributed by atoms with Crippen LogP contribution in [0.25, 0.3) is 0 Å². The summed E-state index contributed by atoms with van der Waals surface area (Å²) in [6.45, 7) is 5.91. The van der Waals surface area contributed by atoms with Crippen molar-refractivity contribution < 1.29 is 4.92 Å².